The molecule has 0 aromatic heterocycles. The maximum Gasteiger partial charge on any atom is 0.103 e. The summed E-state index contributed by atoms with van der Waals surface area (Å²) >= 11 is 1.90. The Kier molecular flexibility index (Phi) is 6.77. The predicted octanol–water partition coefficient (Wildman–Crippen LogP) is 4.75. The third-order valence-electron chi connectivity index (χ3n) is 3.86. The van der Waals surface area contributed by atoms with E-state index >= 15 is 0 Å². The number of hydrogen-bond acceptors (Lipinski definition) is 3. The molecule has 1 aromatic carbocycles. The van der Waals surface area contributed by atoms with Gasteiger partial charge < -0.3 is 5.32 Å². The van der Waals surface area contributed by atoms with Crippen LogP contribution >= 0.6 is 11.8 Å². The molecule has 0 fully saturated rings. The molecule has 0 bridgehead atoms. The van der Waals surface area contributed by atoms with Gasteiger partial charge in [-0.25, -0.2) is 0 Å². The molecule has 0 saturated heterocycles. The van der Waals surface area contributed by atoms with Crippen LogP contribution in [0.2, 0.25) is 0 Å². The van der Waals surface area contributed by atoms with Crippen molar-refractivity contribution in [2.24, 2.45) is 0 Å². The summed E-state index contributed by atoms with van der Waals surface area (Å²) in [6.07, 6.45) is 3.13. The molecule has 0 aliphatic carbocycles. The molecule has 0 heterocycles. The van der Waals surface area contributed by atoms with Crippen molar-refractivity contribution >= 4 is 11.8 Å². The van der Waals surface area contributed by atoms with E-state index in [2.05, 4.69) is 56.4 Å². The van der Waals surface area contributed by atoms with E-state index in [0.717, 1.165) is 25.0 Å². The van der Waals surface area contributed by atoms with Crippen molar-refractivity contribution in [2.75, 3.05) is 12.8 Å². The van der Waals surface area contributed by atoms with Gasteiger partial charge in [0.1, 0.15) is 5.54 Å². The lowest BCUT2D eigenvalue weighted by molar-refractivity contribution is 0.439. The largest absolute Gasteiger partial charge is 0.303 e. The second kappa shape index (κ2) is 7.87. The second-order valence-corrected chi connectivity index (χ2v) is 7.94. The number of thioether (sulfide) groups is 1. The summed E-state index contributed by atoms with van der Waals surface area (Å²) in [5.41, 5.74) is 1.22. The average Bonchev–Trinajstić information content (AvgIpc) is 2.46. The Morgan fingerprint density at radius 2 is 1.71 bits per heavy atom. The molecule has 0 saturated carbocycles. The van der Waals surface area contributed by atoms with Crippen molar-refractivity contribution in [3.8, 4) is 6.07 Å². The maximum absolute atomic E-state index is 9.09. The van der Waals surface area contributed by atoms with Crippen LogP contribution < -0.4 is 5.32 Å². The van der Waals surface area contributed by atoms with Gasteiger partial charge in [-0.05, 0) is 62.1 Å². The fourth-order valence-electron chi connectivity index (χ4n) is 2.06. The zero-order valence-electron chi connectivity index (χ0n) is 14.0. The molecule has 1 N–H and O–H groups in total. The molecule has 0 aliphatic rings. The highest BCUT2D eigenvalue weighted by molar-refractivity contribution is 7.99. The molecule has 0 spiro atoms. The van der Waals surface area contributed by atoms with Gasteiger partial charge in [0, 0.05) is 4.90 Å². The number of nitrogens with one attached hydrogen (secondary N) is 1. The molecule has 0 aliphatic heterocycles. The fraction of sp³-hybridized carbons (Fsp3) is 0.611. The summed E-state index contributed by atoms with van der Waals surface area (Å²) in [4.78, 5) is 1.33. The lowest BCUT2D eigenvalue weighted by Gasteiger charge is -2.20. The van der Waals surface area contributed by atoms with Crippen molar-refractivity contribution in [2.45, 2.75) is 62.8 Å². The van der Waals surface area contributed by atoms with Gasteiger partial charge in [-0.15, -0.1) is 11.8 Å². The number of unbranched alkanes of at least 4 members (excludes halogenated alkanes) is 1. The Morgan fingerprint density at radius 1 is 1.10 bits per heavy atom. The number of nitriles is 1. The van der Waals surface area contributed by atoms with Gasteiger partial charge in [-0.3, -0.25) is 0 Å². The second-order valence-electron chi connectivity index (χ2n) is 6.77. The van der Waals surface area contributed by atoms with E-state index in [-0.39, 0.29) is 11.0 Å². The summed E-state index contributed by atoms with van der Waals surface area (Å²) in [6.45, 7) is 8.68. The van der Waals surface area contributed by atoms with Crippen LogP contribution in [0.25, 0.3) is 0 Å². The number of benzene rings is 1. The monoisotopic (exact) mass is 304 g/mol. The van der Waals surface area contributed by atoms with Crippen LogP contribution in [0, 0.1) is 11.3 Å². The minimum atomic E-state index is -0.376. The number of nitrogens with zero attached hydrogens (tertiary/aromatic N) is 1. The molecule has 1 unspecified atom stereocenters. The standard InChI is InChI=1S/C18H28N2S/c1-17(2,3)15-8-10-16(11-9-15)21-13-7-6-12-18(4,14-19)20-5/h8-11,20H,6-7,12-13H2,1-5H3. The normalized spacial score (nSPS) is 14.5. The molecule has 1 rings (SSSR count). The van der Waals surface area contributed by atoms with Gasteiger partial charge in [0.05, 0.1) is 6.07 Å². The SMILES string of the molecule is CNC(C)(C#N)CCCCSc1ccc(C(C)(C)C)cc1. The van der Waals surface area contributed by atoms with Gasteiger partial charge in [-0.2, -0.15) is 5.26 Å². The van der Waals surface area contributed by atoms with Gasteiger partial charge in [-0.1, -0.05) is 32.9 Å². The van der Waals surface area contributed by atoms with E-state index in [4.69, 9.17) is 5.26 Å². The molecule has 1 aromatic rings. The van der Waals surface area contributed by atoms with Crippen LogP contribution in [-0.4, -0.2) is 18.3 Å². The fourth-order valence-corrected chi connectivity index (χ4v) is 2.97. The summed E-state index contributed by atoms with van der Waals surface area (Å²) < 4.78 is 0. The van der Waals surface area contributed by atoms with Crippen molar-refractivity contribution in [1.82, 2.24) is 5.32 Å². The van der Waals surface area contributed by atoms with E-state index in [0.29, 0.717) is 0 Å². The van der Waals surface area contributed by atoms with E-state index in [1.54, 1.807) is 0 Å². The average molecular weight is 305 g/mol. The Bertz CT molecular complexity index is 467. The molecular weight excluding hydrogens is 276 g/mol. The lowest BCUT2D eigenvalue weighted by atomic mass is 9.87. The zero-order valence-corrected chi connectivity index (χ0v) is 14.8. The highest BCUT2D eigenvalue weighted by Gasteiger charge is 2.19. The van der Waals surface area contributed by atoms with Crippen LogP contribution in [0.4, 0.5) is 0 Å². The van der Waals surface area contributed by atoms with Crippen molar-refractivity contribution in [3.05, 3.63) is 29.8 Å². The highest BCUT2D eigenvalue weighted by atomic mass is 32.2. The molecule has 1 atom stereocenters. The first-order valence-electron chi connectivity index (χ1n) is 7.64. The molecule has 2 nitrogen and oxygen atoms in total. The molecule has 0 radical (unpaired) electrons. The summed E-state index contributed by atoms with van der Waals surface area (Å²) in [7, 11) is 1.86. The van der Waals surface area contributed by atoms with E-state index in [9.17, 15) is 0 Å². The lowest BCUT2D eigenvalue weighted by Crippen LogP contribution is -2.37. The van der Waals surface area contributed by atoms with Crippen molar-refractivity contribution < 1.29 is 0 Å². The first-order valence-corrected chi connectivity index (χ1v) is 8.63. The highest BCUT2D eigenvalue weighted by Crippen LogP contribution is 2.26. The van der Waals surface area contributed by atoms with Gasteiger partial charge in [0.15, 0.2) is 0 Å². The van der Waals surface area contributed by atoms with Crippen molar-refractivity contribution in [1.29, 1.82) is 5.26 Å². The van der Waals surface area contributed by atoms with Crippen LogP contribution in [0.5, 0.6) is 0 Å². The van der Waals surface area contributed by atoms with Crippen LogP contribution in [0.3, 0.4) is 0 Å². The third-order valence-corrected chi connectivity index (χ3v) is 4.96. The Labute approximate surface area is 134 Å². The quantitative estimate of drug-likeness (QED) is 0.583. The molecule has 3 heteroatoms. The Balaban J connectivity index is 2.32. The molecule has 116 valence electrons. The Morgan fingerprint density at radius 3 is 2.19 bits per heavy atom. The maximum atomic E-state index is 9.09. The third kappa shape index (κ3) is 6.11. The zero-order chi connectivity index (χ0) is 15.9. The van der Waals surface area contributed by atoms with E-state index in [1.165, 1.54) is 10.5 Å². The van der Waals surface area contributed by atoms with Crippen LogP contribution in [-0.2, 0) is 5.41 Å². The number of rotatable bonds is 7. The summed E-state index contributed by atoms with van der Waals surface area (Å²) in [6, 6.07) is 11.2. The van der Waals surface area contributed by atoms with Gasteiger partial charge >= 0.3 is 0 Å². The minimum absolute atomic E-state index is 0.220. The topological polar surface area (TPSA) is 35.8 Å². The van der Waals surface area contributed by atoms with Crippen LogP contribution in [0.15, 0.2) is 29.2 Å². The van der Waals surface area contributed by atoms with Crippen molar-refractivity contribution in [3.63, 3.8) is 0 Å². The van der Waals surface area contributed by atoms with E-state index < -0.39 is 0 Å². The first-order chi connectivity index (χ1) is 9.80. The minimum Gasteiger partial charge on any atom is -0.303 e. The van der Waals surface area contributed by atoms with Gasteiger partial charge in [0.25, 0.3) is 0 Å². The predicted molar refractivity (Wildman–Crippen MR) is 92.8 cm³/mol. The van der Waals surface area contributed by atoms with E-state index in [1.807, 2.05) is 25.7 Å². The summed E-state index contributed by atoms with van der Waals surface area (Å²) in [5.74, 6) is 1.11. The molecule has 0 amide bonds. The summed E-state index contributed by atoms with van der Waals surface area (Å²) in [5, 5.41) is 12.2. The first kappa shape index (κ1) is 18.1. The van der Waals surface area contributed by atoms with Gasteiger partial charge in [0.2, 0.25) is 0 Å². The smallest absolute Gasteiger partial charge is 0.103 e. The number of hydrogen-bond donors (Lipinski definition) is 1. The van der Waals surface area contributed by atoms with Crippen LogP contribution in [0.1, 0.15) is 52.5 Å². The molecular formula is C18H28N2S. The molecule has 21 heavy (non-hydrogen) atoms. The Hall–Kier alpha value is -0.980.